The molecule has 0 aromatic rings. The van der Waals surface area contributed by atoms with Gasteiger partial charge >= 0.3 is 0 Å². The average molecular weight is 216 g/mol. The van der Waals surface area contributed by atoms with Crippen LogP contribution in [0.25, 0.3) is 0 Å². The molecule has 0 aliphatic rings. The molecule has 0 aromatic heterocycles. The second-order valence-electron chi connectivity index (χ2n) is 5.04. The summed E-state index contributed by atoms with van der Waals surface area (Å²) >= 11 is 0. The van der Waals surface area contributed by atoms with Crippen molar-refractivity contribution in [1.82, 2.24) is 4.90 Å². The Kier molecular flexibility index (Phi) is 8.02. The normalized spacial score (nSPS) is 12.4. The molecule has 0 spiro atoms. The number of aliphatic hydroxyl groups is 1. The van der Waals surface area contributed by atoms with Crippen molar-refractivity contribution in [2.45, 2.75) is 40.0 Å². The van der Waals surface area contributed by atoms with Gasteiger partial charge in [-0.3, -0.25) is 0 Å². The molecule has 0 bridgehead atoms. The highest BCUT2D eigenvalue weighted by Gasteiger charge is 2.16. The van der Waals surface area contributed by atoms with Crippen molar-refractivity contribution >= 4 is 0 Å². The van der Waals surface area contributed by atoms with E-state index < -0.39 is 0 Å². The molecule has 0 rings (SSSR count). The lowest BCUT2D eigenvalue weighted by Crippen LogP contribution is -2.34. The topological polar surface area (TPSA) is 49.5 Å². The van der Waals surface area contributed by atoms with Gasteiger partial charge in [0.25, 0.3) is 0 Å². The molecule has 0 fully saturated rings. The van der Waals surface area contributed by atoms with Crippen LogP contribution in [0.15, 0.2) is 0 Å². The highest BCUT2D eigenvalue weighted by Crippen LogP contribution is 2.18. The first-order valence-electron chi connectivity index (χ1n) is 6.09. The molecule has 0 aliphatic heterocycles. The maximum absolute atomic E-state index is 8.96. The Morgan fingerprint density at radius 2 is 1.87 bits per heavy atom. The van der Waals surface area contributed by atoms with Gasteiger partial charge in [0, 0.05) is 6.54 Å². The van der Waals surface area contributed by atoms with Crippen LogP contribution in [-0.4, -0.2) is 42.8 Å². The van der Waals surface area contributed by atoms with Crippen LogP contribution in [-0.2, 0) is 0 Å². The van der Waals surface area contributed by atoms with E-state index in [-0.39, 0.29) is 12.0 Å². The van der Waals surface area contributed by atoms with E-state index in [0.717, 1.165) is 32.6 Å². The van der Waals surface area contributed by atoms with E-state index in [2.05, 4.69) is 25.7 Å². The molecule has 0 amide bonds. The van der Waals surface area contributed by atoms with E-state index in [4.69, 9.17) is 10.8 Å². The predicted octanol–water partition coefficient (Wildman–Crippen LogP) is 1.46. The smallest absolute Gasteiger partial charge is 0.0558 e. The number of nitrogens with two attached hydrogens (primary N) is 1. The van der Waals surface area contributed by atoms with Gasteiger partial charge in [0.2, 0.25) is 0 Å². The van der Waals surface area contributed by atoms with Gasteiger partial charge in [-0.2, -0.15) is 0 Å². The molecule has 0 heterocycles. The summed E-state index contributed by atoms with van der Waals surface area (Å²) in [5, 5.41) is 8.96. The van der Waals surface area contributed by atoms with Crippen molar-refractivity contribution in [2.24, 2.45) is 11.1 Å². The average Bonchev–Trinajstić information content (AvgIpc) is 2.22. The van der Waals surface area contributed by atoms with Crippen molar-refractivity contribution in [3.63, 3.8) is 0 Å². The fourth-order valence-electron chi connectivity index (χ4n) is 1.42. The Labute approximate surface area is 94.6 Å². The summed E-state index contributed by atoms with van der Waals surface area (Å²) < 4.78 is 0. The Hall–Kier alpha value is -0.120. The van der Waals surface area contributed by atoms with Crippen LogP contribution in [0.4, 0.5) is 0 Å². The minimum atomic E-state index is 0.222. The Morgan fingerprint density at radius 1 is 1.20 bits per heavy atom. The molecule has 3 N–H and O–H groups in total. The highest BCUT2D eigenvalue weighted by molar-refractivity contribution is 4.71. The molecule has 0 atom stereocenters. The maximum atomic E-state index is 8.96. The van der Waals surface area contributed by atoms with Gasteiger partial charge in [0.05, 0.1) is 6.61 Å². The van der Waals surface area contributed by atoms with Crippen molar-refractivity contribution in [2.75, 3.05) is 32.8 Å². The van der Waals surface area contributed by atoms with Crippen LogP contribution in [0.3, 0.4) is 0 Å². The van der Waals surface area contributed by atoms with Crippen molar-refractivity contribution in [3.05, 3.63) is 0 Å². The van der Waals surface area contributed by atoms with Crippen molar-refractivity contribution in [3.8, 4) is 0 Å². The van der Waals surface area contributed by atoms with Gasteiger partial charge in [0.1, 0.15) is 0 Å². The van der Waals surface area contributed by atoms with Crippen molar-refractivity contribution in [1.29, 1.82) is 0 Å². The second-order valence-corrected chi connectivity index (χ2v) is 5.04. The Balaban J connectivity index is 3.83. The molecule has 15 heavy (non-hydrogen) atoms. The van der Waals surface area contributed by atoms with Crippen LogP contribution in [0.1, 0.15) is 40.0 Å². The number of hydrogen-bond donors (Lipinski definition) is 2. The molecular formula is C12H28N2O. The van der Waals surface area contributed by atoms with E-state index in [1.54, 1.807) is 0 Å². The zero-order chi connectivity index (χ0) is 11.7. The summed E-state index contributed by atoms with van der Waals surface area (Å²) in [5.41, 5.74) is 5.92. The highest BCUT2D eigenvalue weighted by atomic mass is 16.3. The molecule has 3 nitrogen and oxygen atoms in total. The van der Waals surface area contributed by atoms with Crippen LogP contribution in [0, 0.1) is 5.41 Å². The monoisotopic (exact) mass is 216 g/mol. The van der Waals surface area contributed by atoms with E-state index in [1.165, 1.54) is 12.8 Å². The summed E-state index contributed by atoms with van der Waals surface area (Å²) in [5.74, 6) is 0. The molecule has 0 aliphatic carbocycles. The minimum Gasteiger partial charge on any atom is -0.395 e. The molecule has 0 radical (unpaired) electrons. The number of nitrogens with zero attached hydrogens (tertiary/aromatic N) is 1. The molecule has 0 saturated carbocycles. The molecule has 0 unspecified atom stereocenters. The fraction of sp³-hybridized carbons (Fsp3) is 1.00. The Morgan fingerprint density at radius 3 is 2.33 bits per heavy atom. The van der Waals surface area contributed by atoms with E-state index in [1.807, 2.05) is 0 Å². The maximum Gasteiger partial charge on any atom is 0.0558 e. The van der Waals surface area contributed by atoms with Crippen LogP contribution < -0.4 is 5.73 Å². The van der Waals surface area contributed by atoms with Gasteiger partial charge in [-0.15, -0.1) is 0 Å². The van der Waals surface area contributed by atoms with E-state index >= 15 is 0 Å². The zero-order valence-corrected chi connectivity index (χ0v) is 10.6. The lowest BCUT2D eigenvalue weighted by Gasteiger charge is -2.28. The third kappa shape index (κ3) is 7.77. The van der Waals surface area contributed by atoms with Gasteiger partial charge in [-0.1, -0.05) is 27.2 Å². The number of unbranched alkanes of at least 4 members (excludes halogenated alkanes) is 1. The third-order valence-corrected chi connectivity index (χ3v) is 2.90. The number of aliphatic hydroxyl groups excluding tert-OH is 1. The van der Waals surface area contributed by atoms with Crippen molar-refractivity contribution < 1.29 is 5.11 Å². The third-order valence-electron chi connectivity index (χ3n) is 2.90. The van der Waals surface area contributed by atoms with Crippen LogP contribution >= 0.6 is 0 Å². The first kappa shape index (κ1) is 14.9. The SMILES string of the molecule is CCCCN(CCO)CCC(C)(C)CN. The zero-order valence-electron chi connectivity index (χ0n) is 10.6. The van der Waals surface area contributed by atoms with Crippen LogP contribution in [0.5, 0.6) is 0 Å². The second kappa shape index (κ2) is 8.08. The summed E-state index contributed by atoms with van der Waals surface area (Å²) in [6.45, 7) is 10.5. The summed E-state index contributed by atoms with van der Waals surface area (Å²) in [4.78, 5) is 2.33. The lowest BCUT2D eigenvalue weighted by molar-refractivity contribution is 0.172. The first-order valence-corrected chi connectivity index (χ1v) is 6.09. The van der Waals surface area contributed by atoms with Gasteiger partial charge in [-0.05, 0) is 37.9 Å². The number of rotatable bonds is 9. The first-order chi connectivity index (χ1) is 7.05. The van der Waals surface area contributed by atoms with Gasteiger partial charge < -0.3 is 15.7 Å². The van der Waals surface area contributed by atoms with Gasteiger partial charge in [0.15, 0.2) is 0 Å². The molecular weight excluding hydrogens is 188 g/mol. The summed E-state index contributed by atoms with van der Waals surface area (Å²) in [6, 6.07) is 0. The quantitative estimate of drug-likeness (QED) is 0.613. The molecule has 0 aromatic carbocycles. The number of hydrogen-bond acceptors (Lipinski definition) is 3. The molecule has 3 heteroatoms. The summed E-state index contributed by atoms with van der Waals surface area (Å²) in [7, 11) is 0. The minimum absolute atomic E-state index is 0.222. The van der Waals surface area contributed by atoms with E-state index in [9.17, 15) is 0 Å². The van der Waals surface area contributed by atoms with Crippen LogP contribution in [0.2, 0.25) is 0 Å². The lowest BCUT2D eigenvalue weighted by atomic mass is 9.89. The predicted molar refractivity (Wildman–Crippen MR) is 65.9 cm³/mol. The van der Waals surface area contributed by atoms with Gasteiger partial charge in [-0.25, -0.2) is 0 Å². The Bertz CT molecular complexity index is 149. The fourth-order valence-corrected chi connectivity index (χ4v) is 1.42. The summed E-state index contributed by atoms with van der Waals surface area (Å²) in [6.07, 6.45) is 3.53. The molecule has 0 saturated heterocycles. The largest absolute Gasteiger partial charge is 0.395 e. The molecule has 92 valence electrons. The van der Waals surface area contributed by atoms with E-state index in [0.29, 0.717) is 0 Å². The standard InChI is InChI=1S/C12H28N2O/c1-4-5-7-14(9-10-15)8-6-12(2,3)11-13/h15H,4-11,13H2,1-3H3.